The summed E-state index contributed by atoms with van der Waals surface area (Å²) in [6.45, 7) is 0. The highest BCUT2D eigenvalue weighted by Gasteiger charge is 2.21. The van der Waals surface area contributed by atoms with E-state index < -0.39 is 0 Å². The van der Waals surface area contributed by atoms with Crippen LogP contribution in [0.2, 0.25) is 0 Å². The molecule has 0 amide bonds. The topological polar surface area (TPSA) is 206 Å². The van der Waals surface area contributed by atoms with E-state index in [1.54, 1.807) is 37.2 Å². The first-order valence-electron chi connectivity index (χ1n) is 18.8. The Morgan fingerprint density at radius 1 is 0.250 bits per heavy atom. The van der Waals surface area contributed by atoms with E-state index in [0.29, 0.717) is 83.5 Å². The molecule has 0 unspecified atom stereocenters. The van der Waals surface area contributed by atoms with Crippen molar-refractivity contribution in [3.8, 4) is 34.4 Å². The molecule has 10 heterocycles. The van der Waals surface area contributed by atoms with Crippen molar-refractivity contribution < 1.29 is 0 Å². The van der Waals surface area contributed by atoms with Crippen LogP contribution in [-0.4, -0.2) is 80.4 Å². The quantitative estimate of drug-likeness (QED) is 0.160. The molecule has 0 saturated carbocycles. The van der Waals surface area contributed by atoms with Gasteiger partial charge in [-0.05, 0) is 84.9 Å². The monoisotopic (exact) mass is 772 g/mol. The minimum absolute atomic E-state index is 0.250. The van der Waals surface area contributed by atoms with E-state index in [2.05, 4.69) is 45.2 Å². The number of rotatable bonds is 3. The summed E-state index contributed by atoms with van der Waals surface area (Å²) in [7, 11) is 0. The van der Waals surface area contributed by atoms with Crippen LogP contribution in [0.1, 0.15) is 0 Å². The van der Waals surface area contributed by atoms with Gasteiger partial charge < -0.3 is 0 Å². The Morgan fingerprint density at radius 3 is 0.867 bits per heavy atom. The minimum atomic E-state index is 0.250. The van der Waals surface area contributed by atoms with E-state index in [1.807, 2.05) is 84.9 Å². The maximum absolute atomic E-state index is 5.13. The fourth-order valence-electron chi connectivity index (χ4n) is 8.02. The van der Waals surface area contributed by atoms with E-state index in [1.165, 1.54) is 0 Å². The lowest BCUT2D eigenvalue weighted by molar-refractivity contribution is 1.00. The maximum atomic E-state index is 5.13. The van der Waals surface area contributed by atoms with Gasteiger partial charge in [-0.1, -0.05) is 0 Å². The van der Waals surface area contributed by atoms with Crippen LogP contribution >= 0.6 is 0 Å². The van der Waals surface area contributed by atoms with Gasteiger partial charge in [-0.25, -0.2) is 19.9 Å². The predicted molar refractivity (Wildman–Crippen MR) is 225 cm³/mol. The molecule has 16 nitrogen and oxygen atoms in total. The lowest BCUT2D eigenvalue weighted by Crippen LogP contribution is -2.03. The Kier molecular flexibility index (Phi) is 6.59. The summed E-state index contributed by atoms with van der Waals surface area (Å²) in [6, 6.07) is 26.5. The zero-order valence-electron chi connectivity index (χ0n) is 30.7. The fourth-order valence-corrected chi connectivity index (χ4v) is 8.02. The second-order valence-corrected chi connectivity index (χ2v) is 14.0. The summed E-state index contributed by atoms with van der Waals surface area (Å²) in [5.41, 5.74) is 9.17. The van der Waals surface area contributed by atoms with E-state index in [9.17, 15) is 0 Å². The molecule has 0 bridgehead atoms. The largest absolute Gasteiger partial charge is 0.254 e. The molecule has 3 aromatic carbocycles. The summed E-state index contributed by atoms with van der Waals surface area (Å²) in [5, 5.41) is 32.8. The van der Waals surface area contributed by atoms with Gasteiger partial charge in [-0.15, -0.1) is 30.6 Å². The van der Waals surface area contributed by atoms with Crippen molar-refractivity contribution in [3.05, 3.63) is 122 Å². The number of aromatic nitrogens is 16. The number of pyridine rings is 7. The Morgan fingerprint density at radius 2 is 0.533 bits per heavy atom. The minimum Gasteiger partial charge on any atom is -0.254 e. The summed E-state index contributed by atoms with van der Waals surface area (Å²) in [6.07, 6.45) is 10.4. The first kappa shape index (κ1) is 32.2. The zero-order valence-corrected chi connectivity index (χ0v) is 30.7. The highest BCUT2D eigenvalue weighted by Crippen LogP contribution is 2.36. The number of hydrogen-bond donors (Lipinski definition) is 0. The van der Waals surface area contributed by atoms with Gasteiger partial charge in [0.05, 0.1) is 33.1 Å². The van der Waals surface area contributed by atoms with Crippen molar-refractivity contribution in [2.45, 2.75) is 0 Å². The maximum Gasteiger partial charge on any atom is 0.201 e. The van der Waals surface area contributed by atoms with Crippen LogP contribution in [0.25, 0.3) is 133 Å². The average molecular weight is 773 g/mol. The van der Waals surface area contributed by atoms with Gasteiger partial charge in [0.25, 0.3) is 0 Å². The van der Waals surface area contributed by atoms with Crippen LogP contribution in [-0.2, 0) is 0 Å². The first-order valence-corrected chi connectivity index (χ1v) is 18.8. The number of benzene rings is 3. The molecule has 0 spiro atoms. The molecule has 0 fully saturated rings. The highest BCUT2D eigenvalue weighted by molar-refractivity contribution is 6.22. The number of nitrogens with zero attached hydrogens (tertiary/aromatic N) is 16. The molecule has 0 aliphatic rings. The van der Waals surface area contributed by atoms with Crippen LogP contribution in [0, 0.1) is 0 Å². The number of hydrogen-bond acceptors (Lipinski definition) is 16. The van der Waals surface area contributed by atoms with Crippen molar-refractivity contribution in [2.24, 2.45) is 0 Å². The van der Waals surface area contributed by atoms with Gasteiger partial charge in [0.1, 0.15) is 44.5 Å². The van der Waals surface area contributed by atoms with Gasteiger partial charge in [0, 0.05) is 75.1 Å². The van der Waals surface area contributed by atoms with Crippen molar-refractivity contribution in [1.82, 2.24) is 80.4 Å². The van der Waals surface area contributed by atoms with E-state index in [-0.39, 0.29) is 11.6 Å². The molecule has 60 heavy (non-hydrogen) atoms. The lowest BCUT2D eigenvalue weighted by Gasteiger charge is -2.11. The lowest BCUT2D eigenvalue weighted by atomic mass is 10.1. The van der Waals surface area contributed by atoms with Gasteiger partial charge >= 0.3 is 0 Å². The van der Waals surface area contributed by atoms with Crippen LogP contribution < -0.4 is 0 Å². The SMILES string of the molecule is c1cnc2c(c1)c1nnc(-c3cc(-c4nnc5c6cccnc6c6ncccc6c5n4)nc(-c4nnc5c6cccnc6c6ncccc6c5n4)c3)nc1c1cccnc12. The van der Waals surface area contributed by atoms with Crippen molar-refractivity contribution in [1.29, 1.82) is 0 Å². The standard InChI is InChI=1S/C44H20N16/c1-7-22-30(45-13-1)33-25(10-4-16-48-33)39-36(22)52-42(58-55-39)21-19-28(43-53-37-23-8-2-14-46-31(23)34-26(11-5-17-49-34)40(37)56-59-43)51-29(20-21)44-54-38-24-9-3-15-47-32(24)35-27(12-6-18-50-35)41(38)57-60-44/h1-20H. The van der Waals surface area contributed by atoms with E-state index in [4.69, 9.17) is 35.2 Å². The molecule has 0 saturated heterocycles. The normalized spacial score (nSPS) is 12.0. The molecular weight excluding hydrogens is 753 g/mol. The molecule has 0 aliphatic heterocycles. The molecular formula is C44H20N16. The Bertz CT molecular complexity index is 3460. The second kappa shape index (κ2) is 12.3. The second-order valence-electron chi connectivity index (χ2n) is 14.0. The summed E-state index contributed by atoms with van der Waals surface area (Å²) < 4.78 is 0. The zero-order chi connectivity index (χ0) is 39.3. The van der Waals surface area contributed by atoms with Crippen LogP contribution in [0.5, 0.6) is 0 Å². The van der Waals surface area contributed by atoms with Gasteiger partial charge in [-0.3, -0.25) is 29.9 Å². The smallest absolute Gasteiger partial charge is 0.201 e. The van der Waals surface area contributed by atoms with Crippen molar-refractivity contribution >= 4 is 98.5 Å². The molecule has 276 valence electrons. The third-order valence-corrected chi connectivity index (χ3v) is 10.7. The third kappa shape index (κ3) is 4.66. The average Bonchev–Trinajstić information content (AvgIpc) is 3.33. The Labute approximate surface area is 334 Å². The molecule has 13 aromatic rings. The predicted octanol–water partition coefficient (Wildman–Crippen LogP) is 7.39. The fraction of sp³-hybridized carbons (Fsp3) is 0. The number of fused-ring (bicyclic) bond motifs is 18. The van der Waals surface area contributed by atoms with Gasteiger partial charge in [0.15, 0.2) is 5.82 Å². The third-order valence-electron chi connectivity index (χ3n) is 10.7. The summed E-state index contributed by atoms with van der Waals surface area (Å²) in [5.74, 6) is 0.821. The van der Waals surface area contributed by atoms with Gasteiger partial charge in [-0.2, -0.15) is 0 Å². The van der Waals surface area contributed by atoms with Crippen LogP contribution in [0.4, 0.5) is 0 Å². The Balaban J connectivity index is 1.08. The van der Waals surface area contributed by atoms with Crippen molar-refractivity contribution in [2.75, 3.05) is 0 Å². The molecule has 0 N–H and O–H groups in total. The molecule has 0 radical (unpaired) electrons. The van der Waals surface area contributed by atoms with E-state index in [0.717, 1.165) is 37.8 Å². The van der Waals surface area contributed by atoms with Gasteiger partial charge in [0.2, 0.25) is 11.6 Å². The molecule has 16 heteroatoms. The van der Waals surface area contributed by atoms with Crippen LogP contribution in [0.3, 0.4) is 0 Å². The van der Waals surface area contributed by atoms with E-state index >= 15 is 0 Å². The molecule has 10 aromatic heterocycles. The van der Waals surface area contributed by atoms with Crippen molar-refractivity contribution in [3.63, 3.8) is 0 Å². The molecule has 0 aliphatic carbocycles. The highest BCUT2D eigenvalue weighted by atomic mass is 15.2. The van der Waals surface area contributed by atoms with Crippen LogP contribution in [0.15, 0.2) is 122 Å². The Hall–Kier alpha value is -8.92. The molecule has 13 rings (SSSR count). The first-order chi connectivity index (χ1) is 29.7. The molecule has 0 atom stereocenters. The summed E-state index contributed by atoms with van der Waals surface area (Å²) in [4.78, 5) is 48.3. The summed E-state index contributed by atoms with van der Waals surface area (Å²) >= 11 is 0.